The number of carbonyl (C=O) groups excluding carboxylic acids is 1. The van der Waals surface area contributed by atoms with Crippen LogP contribution in [0.3, 0.4) is 0 Å². The third kappa shape index (κ3) is 3.50. The summed E-state index contributed by atoms with van der Waals surface area (Å²) in [6.07, 6.45) is 1.97. The molecule has 0 spiro atoms. The quantitative estimate of drug-likeness (QED) is 0.816. The van der Waals surface area contributed by atoms with E-state index in [4.69, 9.17) is 11.6 Å². The summed E-state index contributed by atoms with van der Waals surface area (Å²) in [5, 5.41) is 8.42. The van der Waals surface area contributed by atoms with Crippen LogP contribution in [0.25, 0.3) is 0 Å². The molecule has 120 valence electrons. The molecule has 1 atom stereocenters. The molecule has 1 aromatic heterocycles. The first kappa shape index (κ1) is 15.5. The second-order valence-electron chi connectivity index (χ2n) is 6.13. The fourth-order valence-electron chi connectivity index (χ4n) is 3.15. The van der Waals surface area contributed by atoms with Gasteiger partial charge in [0.25, 0.3) is 0 Å². The first-order valence-electron chi connectivity index (χ1n) is 7.85. The highest BCUT2D eigenvalue weighted by atomic mass is 35.5. The molecule has 7 heteroatoms. The van der Waals surface area contributed by atoms with E-state index in [0.29, 0.717) is 11.1 Å². The number of rotatable bonds is 2. The van der Waals surface area contributed by atoms with Gasteiger partial charge in [-0.2, -0.15) is 0 Å². The van der Waals surface area contributed by atoms with Crippen molar-refractivity contribution in [2.75, 3.05) is 51.2 Å². The van der Waals surface area contributed by atoms with E-state index in [-0.39, 0.29) is 5.92 Å². The molecule has 0 aromatic carbocycles. The lowest BCUT2D eigenvalue weighted by Gasteiger charge is -2.38. The fourth-order valence-corrected chi connectivity index (χ4v) is 3.25. The van der Waals surface area contributed by atoms with E-state index < -0.39 is 0 Å². The highest BCUT2D eigenvalue weighted by Gasteiger charge is 2.31. The molecule has 1 amide bonds. The Hall–Kier alpha value is -1.40. The lowest BCUT2D eigenvalue weighted by Crippen LogP contribution is -2.51. The van der Waals surface area contributed by atoms with Crippen molar-refractivity contribution in [1.29, 1.82) is 0 Å². The maximum Gasteiger partial charge on any atom is 0.227 e. The third-order valence-corrected chi connectivity index (χ3v) is 4.73. The van der Waals surface area contributed by atoms with Crippen LogP contribution in [0.1, 0.15) is 12.8 Å². The molecule has 3 rings (SSSR count). The minimum absolute atomic E-state index is 0.0645. The first-order chi connectivity index (χ1) is 10.6. The van der Waals surface area contributed by atoms with Crippen LogP contribution in [0.2, 0.25) is 5.15 Å². The predicted octanol–water partition coefficient (Wildman–Crippen LogP) is 1.12. The van der Waals surface area contributed by atoms with Crippen molar-refractivity contribution in [2.24, 2.45) is 5.92 Å². The summed E-state index contributed by atoms with van der Waals surface area (Å²) >= 11 is 5.79. The predicted molar refractivity (Wildman–Crippen MR) is 86.1 cm³/mol. The highest BCUT2D eigenvalue weighted by Crippen LogP contribution is 2.23. The summed E-state index contributed by atoms with van der Waals surface area (Å²) < 4.78 is 0. The number of nitrogens with zero attached hydrogens (tertiary/aromatic N) is 5. The van der Waals surface area contributed by atoms with Crippen LogP contribution in [-0.4, -0.2) is 72.2 Å². The minimum Gasteiger partial charge on any atom is -0.354 e. The van der Waals surface area contributed by atoms with E-state index in [9.17, 15) is 4.79 Å². The van der Waals surface area contributed by atoms with E-state index in [0.717, 1.165) is 57.9 Å². The zero-order valence-electron chi connectivity index (χ0n) is 12.9. The molecular weight excluding hydrogens is 302 g/mol. The number of aromatic nitrogens is 2. The number of hydrogen-bond donors (Lipinski definition) is 0. The summed E-state index contributed by atoms with van der Waals surface area (Å²) in [6, 6.07) is 3.62. The van der Waals surface area contributed by atoms with Crippen molar-refractivity contribution in [3.63, 3.8) is 0 Å². The summed E-state index contributed by atoms with van der Waals surface area (Å²) in [4.78, 5) is 19.1. The molecule has 2 aliphatic rings. The average molecular weight is 324 g/mol. The largest absolute Gasteiger partial charge is 0.354 e. The zero-order valence-corrected chi connectivity index (χ0v) is 13.7. The second kappa shape index (κ2) is 6.79. The highest BCUT2D eigenvalue weighted by molar-refractivity contribution is 6.29. The van der Waals surface area contributed by atoms with Crippen molar-refractivity contribution in [3.8, 4) is 0 Å². The molecule has 3 heterocycles. The normalized spacial score (nSPS) is 23.6. The molecule has 0 unspecified atom stereocenters. The van der Waals surface area contributed by atoms with Gasteiger partial charge in [-0.25, -0.2) is 0 Å². The lowest BCUT2D eigenvalue weighted by atomic mass is 9.96. The van der Waals surface area contributed by atoms with Gasteiger partial charge in [0.05, 0.1) is 5.92 Å². The Morgan fingerprint density at radius 2 is 1.95 bits per heavy atom. The molecule has 2 fully saturated rings. The third-order valence-electron chi connectivity index (χ3n) is 4.53. The fraction of sp³-hybridized carbons (Fsp3) is 0.667. The Kier molecular flexibility index (Phi) is 4.78. The van der Waals surface area contributed by atoms with Gasteiger partial charge >= 0.3 is 0 Å². The van der Waals surface area contributed by atoms with Crippen LogP contribution >= 0.6 is 11.6 Å². The van der Waals surface area contributed by atoms with Gasteiger partial charge < -0.3 is 14.7 Å². The Balaban J connectivity index is 1.62. The SMILES string of the molecule is CN1CCN(C(=O)[C@@H]2CCCN(c3ccc(Cl)nn3)C2)CC1. The molecule has 0 N–H and O–H groups in total. The number of anilines is 1. The number of piperidine rings is 1. The van der Waals surface area contributed by atoms with Gasteiger partial charge in [0.2, 0.25) is 5.91 Å². The Labute approximate surface area is 136 Å². The van der Waals surface area contributed by atoms with Gasteiger partial charge in [-0.15, -0.1) is 10.2 Å². The minimum atomic E-state index is 0.0645. The van der Waals surface area contributed by atoms with E-state index in [1.54, 1.807) is 6.07 Å². The molecule has 2 saturated heterocycles. The molecule has 0 radical (unpaired) electrons. The number of amides is 1. The van der Waals surface area contributed by atoms with Gasteiger partial charge in [0, 0.05) is 39.3 Å². The molecule has 0 saturated carbocycles. The molecule has 2 aliphatic heterocycles. The lowest BCUT2D eigenvalue weighted by molar-refractivity contribution is -0.137. The van der Waals surface area contributed by atoms with E-state index in [2.05, 4.69) is 27.0 Å². The van der Waals surface area contributed by atoms with Crippen molar-refractivity contribution in [3.05, 3.63) is 17.3 Å². The van der Waals surface area contributed by atoms with E-state index in [1.165, 1.54) is 0 Å². The topological polar surface area (TPSA) is 52.6 Å². The Morgan fingerprint density at radius 1 is 1.18 bits per heavy atom. The van der Waals surface area contributed by atoms with Crippen LogP contribution in [0.15, 0.2) is 12.1 Å². The van der Waals surface area contributed by atoms with Crippen LogP contribution in [0.4, 0.5) is 5.82 Å². The van der Waals surface area contributed by atoms with Crippen molar-refractivity contribution in [2.45, 2.75) is 12.8 Å². The summed E-state index contributed by atoms with van der Waals surface area (Å²) in [5.41, 5.74) is 0. The second-order valence-corrected chi connectivity index (χ2v) is 6.52. The maximum absolute atomic E-state index is 12.7. The van der Waals surface area contributed by atoms with Crippen LogP contribution in [0.5, 0.6) is 0 Å². The molecule has 22 heavy (non-hydrogen) atoms. The number of likely N-dealkylation sites (N-methyl/N-ethyl adjacent to an activating group) is 1. The zero-order chi connectivity index (χ0) is 15.5. The average Bonchev–Trinajstić information content (AvgIpc) is 2.56. The number of halogens is 1. The molecule has 1 aromatic rings. The number of hydrogen-bond acceptors (Lipinski definition) is 5. The molecular formula is C15H22ClN5O. The summed E-state index contributed by atoms with van der Waals surface area (Å²) in [5.74, 6) is 1.16. The van der Waals surface area contributed by atoms with Gasteiger partial charge in [-0.3, -0.25) is 4.79 Å². The van der Waals surface area contributed by atoms with Gasteiger partial charge in [-0.1, -0.05) is 11.6 Å². The van der Waals surface area contributed by atoms with Gasteiger partial charge in [-0.05, 0) is 32.0 Å². The van der Waals surface area contributed by atoms with Crippen molar-refractivity contribution < 1.29 is 4.79 Å². The van der Waals surface area contributed by atoms with Crippen molar-refractivity contribution >= 4 is 23.3 Å². The number of piperazine rings is 1. The standard InChI is InChI=1S/C15H22ClN5O/c1-19-7-9-20(10-8-19)15(22)12-3-2-6-21(11-12)14-5-4-13(16)17-18-14/h4-5,12H,2-3,6-11H2,1H3/t12-/m1/s1. The monoisotopic (exact) mass is 323 g/mol. The smallest absolute Gasteiger partial charge is 0.227 e. The number of carbonyl (C=O) groups is 1. The molecule has 6 nitrogen and oxygen atoms in total. The Morgan fingerprint density at radius 3 is 2.64 bits per heavy atom. The summed E-state index contributed by atoms with van der Waals surface area (Å²) in [6.45, 7) is 5.25. The first-order valence-corrected chi connectivity index (χ1v) is 8.23. The van der Waals surface area contributed by atoms with E-state index >= 15 is 0 Å². The molecule has 0 bridgehead atoms. The van der Waals surface area contributed by atoms with Crippen molar-refractivity contribution in [1.82, 2.24) is 20.0 Å². The maximum atomic E-state index is 12.7. The Bertz CT molecular complexity index is 515. The van der Waals surface area contributed by atoms with E-state index in [1.807, 2.05) is 11.0 Å². The summed E-state index contributed by atoms with van der Waals surface area (Å²) in [7, 11) is 2.10. The van der Waals surface area contributed by atoms with Crippen LogP contribution < -0.4 is 4.90 Å². The van der Waals surface area contributed by atoms with Gasteiger partial charge in [0.1, 0.15) is 0 Å². The van der Waals surface area contributed by atoms with Crippen LogP contribution in [0, 0.1) is 5.92 Å². The van der Waals surface area contributed by atoms with Gasteiger partial charge in [0.15, 0.2) is 11.0 Å². The molecule has 0 aliphatic carbocycles. The van der Waals surface area contributed by atoms with Crippen LogP contribution in [-0.2, 0) is 4.79 Å².